The Morgan fingerprint density at radius 2 is 1.86 bits per heavy atom. The number of halogens is 1. The number of hydrogen-bond donors (Lipinski definition) is 1. The van der Waals surface area contributed by atoms with Gasteiger partial charge in [-0.05, 0) is 18.2 Å². The Morgan fingerprint density at radius 1 is 1.18 bits per heavy atom. The van der Waals surface area contributed by atoms with Gasteiger partial charge in [-0.2, -0.15) is 0 Å². The molecule has 0 radical (unpaired) electrons. The van der Waals surface area contributed by atoms with Gasteiger partial charge in [0.1, 0.15) is 5.75 Å². The first-order valence-corrected chi connectivity index (χ1v) is 8.22. The molecule has 0 spiro atoms. The highest BCUT2D eigenvalue weighted by Crippen LogP contribution is 2.35. The molecule has 9 heteroatoms. The summed E-state index contributed by atoms with van der Waals surface area (Å²) >= 11 is 5.97. The Bertz CT molecular complexity index is 823. The van der Waals surface area contributed by atoms with E-state index in [2.05, 4.69) is 4.72 Å². The molecule has 0 saturated carbocycles. The van der Waals surface area contributed by atoms with Gasteiger partial charge in [-0.25, -0.2) is 8.42 Å². The molecule has 0 atom stereocenters. The fraction of sp³-hybridized carbons (Fsp3) is 0.0769. The van der Waals surface area contributed by atoms with Crippen LogP contribution in [0.1, 0.15) is 0 Å². The minimum absolute atomic E-state index is 0.0448. The summed E-state index contributed by atoms with van der Waals surface area (Å²) in [5.74, 6) is 0.402. The number of benzene rings is 2. The Balaban J connectivity index is 2.46. The van der Waals surface area contributed by atoms with Crippen LogP contribution in [-0.4, -0.2) is 19.6 Å². The van der Waals surface area contributed by atoms with Crippen molar-refractivity contribution >= 4 is 33.0 Å². The fourth-order valence-corrected chi connectivity index (χ4v) is 2.38. The van der Waals surface area contributed by atoms with E-state index in [0.29, 0.717) is 10.8 Å². The standard InChI is InChI=1S/C13H11ClN2O5S/c1-22(19,20)15-11-8-9(16(17)18)6-7-13(11)21-12-5-3-2-4-10(12)14/h2-8,15H,1H3. The molecule has 0 aromatic heterocycles. The number of anilines is 1. The molecule has 2 aromatic carbocycles. The summed E-state index contributed by atoms with van der Waals surface area (Å²) in [6.07, 6.45) is 0.936. The van der Waals surface area contributed by atoms with Crippen molar-refractivity contribution in [2.75, 3.05) is 11.0 Å². The molecule has 0 amide bonds. The van der Waals surface area contributed by atoms with Crippen LogP contribution in [0.2, 0.25) is 5.02 Å². The number of sulfonamides is 1. The minimum Gasteiger partial charge on any atom is -0.454 e. The molecular formula is C13H11ClN2O5S. The van der Waals surface area contributed by atoms with Crippen LogP contribution in [0.4, 0.5) is 11.4 Å². The third kappa shape index (κ3) is 4.09. The molecule has 1 N–H and O–H groups in total. The van der Waals surface area contributed by atoms with E-state index in [9.17, 15) is 18.5 Å². The normalized spacial score (nSPS) is 11.0. The molecule has 0 bridgehead atoms. The number of nitrogens with one attached hydrogen (secondary N) is 1. The molecule has 0 unspecified atom stereocenters. The number of rotatable bonds is 5. The molecule has 0 aliphatic carbocycles. The third-order valence-electron chi connectivity index (χ3n) is 2.53. The van der Waals surface area contributed by atoms with Crippen LogP contribution < -0.4 is 9.46 Å². The molecule has 0 saturated heterocycles. The van der Waals surface area contributed by atoms with E-state index in [4.69, 9.17) is 16.3 Å². The largest absolute Gasteiger partial charge is 0.454 e. The first kappa shape index (κ1) is 16.1. The lowest BCUT2D eigenvalue weighted by atomic mass is 10.2. The van der Waals surface area contributed by atoms with E-state index in [-0.39, 0.29) is 17.1 Å². The lowest BCUT2D eigenvalue weighted by Crippen LogP contribution is -2.10. The summed E-state index contributed by atoms with van der Waals surface area (Å²) in [6, 6.07) is 10.2. The number of hydrogen-bond acceptors (Lipinski definition) is 5. The third-order valence-corrected chi connectivity index (χ3v) is 3.43. The van der Waals surface area contributed by atoms with Gasteiger partial charge in [0.15, 0.2) is 5.75 Å². The zero-order valence-electron chi connectivity index (χ0n) is 11.3. The number of non-ortho nitro benzene ring substituents is 1. The van der Waals surface area contributed by atoms with Crippen LogP contribution in [0.15, 0.2) is 42.5 Å². The zero-order chi connectivity index (χ0) is 16.3. The van der Waals surface area contributed by atoms with Crippen molar-refractivity contribution in [2.45, 2.75) is 0 Å². The van der Waals surface area contributed by atoms with Gasteiger partial charge in [0, 0.05) is 12.1 Å². The lowest BCUT2D eigenvalue weighted by molar-refractivity contribution is -0.384. The van der Waals surface area contributed by atoms with Gasteiger partial charge in [0.25, 0.3) is 5.69 Å². The number of nitro groups is 1. The Hall–Kier alpha value is -2.32. The summed E-state index contributed by atoms with van der Waals surface area (Å²) < 4.78 is 30.5. The van der Waals surface area contributed by atoms with Crippen molar-refractivity contribution in [1.82, 2.24) is 0 Å². The van der Waals surface area contributed by atoms with Gasteiger partial charge < -0.3 is 4.74 Å². The second-order valence-electron chi connectivity index (χ2n) is 4.34. The van der Waals surface area contributed by atoms with Gasteiger partial charge in [-0.1, -0.05) is 23.7 Å². The Labute approximate surface area is 131 Å². The molecule has 0 fully saturated rings. The average Bonchev–Trinajstić information content (AvgIpc) is 2.41. The number of nitro benzene ring substituents is 1. The van der Waals surface area contributed by atoms with Gasteiger partial charge in [-0.3, -0.25) is 14.8 Å². The van der Waals surface area contributed by atoms with Gasteiger partial charge >= 0.3 is 0 Å². The van der Waals surface area contributed by atoms with Crippen LogP contribution in [0.3, 0.4) is 0 Å². The van der Waals surface area contributed by atoms with E-state index < -0.39 is 14.9 Å². The van der Waals surface area contributed by atoms with Crippen molar-refractivity contribution in [3.63, 3.8) is 0 Å². The maximum atomic E-state index is 11.4. The number of nitrogens with zero attached hydrogens (tertiary/aromatic N) is 1. The van der Waals surface area contributed by atoms with Crippen molar-refractivity contribution in [3.8, 4) is 11.5 Å². The summed E-state index contributed by atoms with van der Waals surface area (Å²) in [5.41, 5.74) is -0.311. The van der Waals surface area contributed by atoms with Gasteiger partial charge in [0.05, 0.1) is 21.9 Å². The average molecular weight is 343 g/mol. The molecule has 0 aliphatic heterocycles. The molecule has 7 nitrogen and oxygen atoms in total. The second-order valence-corrected chi connectivity index (χ2v) is 6.50. The SMILES string of the molecule is CS(=O)(=O)Nc1cc([N+](=O)[O-])ccc1Oc1ccccc1Cl. The quantitative estimate of drug-likeness (QED) is 0.663. The molecular weight excluding hydrogens is 332 g/mol. The summed E-state index contributed by atoms with van der Waals surface area (Å²) in [5, 5.41) is 11.1. The number of ether oxygens (including phenoxy) is 1. The first-order valence-electron chi connectivity index (χ1n) is 5.95. The van der Waals surface area contributed by atoms with Crippen molar-refractivity contribution in [3.05, 3.63) is 57.6 Å². The highest BCUT2D eigenvalue weighted by atomic mass is 35.5. The Morgan fingerprint density at radius 3 is 2.45 bits per heavy atom. The molecule has 116 valence electrons. The van der Waals surface area contributed by atoms with E-state index in [0.717, 1.165) is 12.3 Å². The Kier molecular flexibility index (Phi) is 4.53. The minimum atomic E-state index is -3.63. The molecule has 2 rings (SSSR count). The van der Waals surface area contributed by atoms with Crippen LogP contribution in [0.5, 0.6) is 11.5 Å². The molecule has 2 aromatic rings. The van der Waals surface area contributed by atoms with E-state index in [1.807, 2.05) is 0 Å². The van der Waals surface area contributed by atoms with Crippen LogP contribution >= 0.6 is 11.6 Å². The van der Waals surface area contributed by atoms with Crippen molar-refractivity contribution in [2.24, 2.45) is 0 Å². The summed E-state index contributed by atoms with van der Waals surface area (Å²) in [6.45, 7) is 0. The lowest BCUT2D eigenvalue weighted by Gasteiger charge is -2.12. The molecule has 22 heavy (non-hydrogen) atoms. The van der Waals surface area contributed by atoms with E-state index >= 15 is 0 Å². The monoisotopic (exact) mass is 342 g/mol. The second kappa shape index (κ2) is 6.20. The van der Waals surface area contributed by atoms with E-state index in [1.54, 1.807) is 24.3 Å². The van der Waals surface area contributed by atoms with Crippen LogP contribution in [0, 0.1) is 10.1 Å². The van der Waals surface area contributed by atoms with Crippen LogP contribution in [-0.2, 0) is 10.0 Å². The maximum absolute atomic E-state index is 11.4. The maximum Gasteiger partial charge on any atom is 0.271 e. The highest BCUT2D eigenvalue weighted by Gasteiger charge is 2.16. The topological polar surface area (TPSA) is 98.5 Å². The predicted octanol–water partition coefficient (Wildman–Crippen LogP) is 3.41. The zero-order valence-corrected chi connectivity index (χ0v) is 12.9. The molecule has 0 heterocycles. The van der Waals surface area contributed by atoms with Gasteiger partial charge in [0.2, 0.25) is 10.0 Å². The smallest absolute Gasteiger partial charge is 0.271 e. The fourth-order valence-electron chi connectivity index (χ4n) is 1.65. The van der Waals surface area contributed by atoms with Crippen LogP contribution in [0.25, 0.3) is 0 Å². The molecule has 0 aliphatic rings. The summed E-state index contributed by atoms with van der Waals surface area (Å²) in [7, 11) is -3.63. The van der Waals surface area contributed by atoms with Crippen molar-refractivity contribution < 1.29 is 18.1 Å². The van der Waals surface area contributed by atoms with Crippen molar-refractivity contribution in [1.29, 1.82) is 0 Å². The van der Waals surface area contributed by atoms with E-state index in [1.165, 1.54) is 12.1 Å². The summed E-state index contributed by atoms with van der Waals surface area (Å²) in [4.78, 5) is 10.2. The first-order chi connectivity index (χ1) is 10.3. The predicted molar refractivity (Wildman–Crippen MR) is 83.1 cm³/mol. The number of para-hydroxylation sites is 1. The highest BCUT2D eigenvalue weighted by molar-refractivity contribution is 7.92. The van der Waals surface area contributed by atoms with Gasteiger partial charge in [-0.15, -0.1) is 0 Å².